The van der Waals surface area contributed by atoms with E-state index in [-0.39, 0.29) is 18.2 Å². The highest BCUT2D eigenvalue weighted by atomic mass is 35.5. The number of ether oxygens (including phenoxy) is 1. The Labute approximate surface area is 156 Å². The summed E-state index contributed by atoms with van der Waals surface area (Å²) in [6.07, 6.45) is 3.90. The van der Waals surface area contributed by atoms with Gasteiger partial charge < -0.3 is 19.5 Å². The predicted molar refractivity (Wildman–Crippen MR) is 95.8 cm³/mol. The summed E-state index contributed by atoms with van der Waals surface area (Å²) in [7, 11) is 0. The number of carbonyl (C=O) groups is 1. The molecule has 1 aromatic carbocycles. The number of likely N-dealkylation sites (tertiary alicyclic amines) is 1. The van der Waals surface area contributed by atoms with Crippen LogP contribution in [0.15, 0.2) is 28.8 Å². The van der Waals surface area contributed by atoms with E-state index in [1.807, 2.05) is 12.1 Å². The van der Waals surface area contributed by atoms with Crippen molar-refractivity contribution in [1.82, 2.24) is 20.4 Å². The van der Waals surface area contributed by atoms with Crippen molar-refractivity contribution in [3.63, 3.8) is 0 Å². The van der Waals surface area contributed by atoms with Crippen LogP contribution in [0.5, 0.6) is 0 Å². The highest BCUT2D eigenvalue weighted by Crippen LogP contribution is 2.32. The number of aromatic nitrogens is 2. The maximum Gasteiger partial charge on any atom is 0.318 e. The van der Waals surface area contributed by atoms with Crippen LogP contribution in [0.25, 0.3) is 11.4 Å². The zero-order valence-electron chi connectivity index (χ0n) is 14.4. The minimum Gasteiger partial charge on any atom is -0.376 e. The fraction of sp³-hybridized carbons (Fsp3) is 0.500. The lowest BCUT2D eigenvalue weighted by molar-refractivity contribution is 0.108. The van der Waals surface area contributed by atoms with E-state index in [2.05, 4.69) is 15.5 Å². The first-order valence-corrected chi connectivity index (χ1v) is 9.34. The summed E-state index contributed by atoms with van der Waals surface area (Å²) >= 11 is 6.02. The summed E-state index contributed by atoms with van der Waals surface area (Å²) in [5.41, 5.74) is 0.792. The standard InChI is InChI=1S/C18H21ClN4O3/c19-13-5-1-4-12(10-13)16-21-17(26-22-16)15-7-2-8-23(15)18(24)20-11-14-6-3-9-25-14/h1,4-5,10,14-15H,2-3,6-9,11H2,(H,20,24)/t14-,15-/m0/s1. The smallest absolute Gasteiger partial charge is 0.318 e. The van der Waals surface area contributed by atoms with Gasteiger partial charge in [0.25, 0.3) is 0 Å². The fourth-order valence-electron chi connectivity index (χ4n) is 3.49. The lowest BCUT2D eigenvalue weighted by Gasteiger charge is -2.23. The van der Waals surface area contributed by atoms with Crippen LogP contribution in [-0.4, -0.2) is 46.9 Å². The number of rotatable bonds is 4. The van der Waals surface area contributed by atoms with Gasteiger partial charge in [-0.05, 0) is 37.8 Å². The van der Waals surface area contributed by atoms with Crippen LogP contribution >= 0.6 is 11.6 Å². The molecule has 2 saturated heterocycles. The highest BCUT2D eigenvalue weighted by Gasteiger charge is 2.34. The molecule has 0 aliphatic carbocycles. The molecule has 0 saturated carbocycles. The van der Waals surface area contributed by atoms with Crippen LogP contribution < -0.4 is 5.32 Å². The minimum absolute atomic E-state index is 0.106. The summed E-state index contributed by atoms with van der Waals surface area (Å²) in [4.78, 5) is 18.8. The summed E-state index contributed by atoms with van der Waals surface area (Å²) < 4.78 is 11.0. The number of amides is 2. The molecule has 26 heavy (non-hydrogen) atoms. The topological polar surface area (TPSA) is 80.5 Å². The van der Waals surface area contributed by atoms with Gasteiger partial charge in [0, 0.05) is 30.3 Å². The van der Waals surface area contributed by atoms with Crippen molar-refractivity contribution < 1.29 is 14.1 Å². The van der Waals surface area contributed by atoms with E-state index in [1.54, 1.807) is 17.0 Å². The Hall–Kier alpha value is -2.12. The molecule has 0 bridgehead atoms. The predicted octanol–water partition coefficient (Wildman–Crippen LogP) is 3.42. The third-order valence-corrected chi connectivity index (χ3v) is 5.06. The van der Waals surface area contributed by atoms with E-state index in [1.165, 1.54) is 0 Å². The van der Waals surface area contributed by atoms with Crippen LogP contribution in [0.1, 0.15) is 37.6 Å². The summed E-state index contributed by atoms with van der Waals surface area (Å²) in [5, 5.41) is 7.63. The molecule has 2 atom stereocenters. The molecule has 8 heteroatoms. The Morgan fingerprint density at radius 3 is 3.08 bits per heavy atom. The van der Waals surface area contributed by atoms with E-state index in [0.29, 0.717) is 29.8 Å². The van der Waals surface area contributed by atoms with Crippen molar-refractivity contribution in [2.75, 3.05) is 19.7 Å². The molecular weight excluding hydrogens is 356 g/mol. The molecule has 1 N–H and O–H groups in total. The molecule has 2 aromatic rings. The Kier molecular flexibility index (Phi) is 5.08. The lowest BCUT2D eigenvalue weighted by Crippen LogP contribution is -2.42. The van der Waals surface area contributed by atoms with E-state index in [0.717, 1.165) is 37.9 Å². The first kappa shape index (κ1) is 17.3. The second-order valence-corrected chi connectivity index (χ2v) is 7.08. The van der Waals surface area contributed by atoms with E-state index >= 15 is 0 Å². The fourth-order valence-corrected chi connectivity index (χ4v) is 3.68. The molecule has 0 spiro atoms. The average Bonchev–Trinajstić information content (AvgIpc) is 3.40. The van der Waals surface area contributed by atoms with Gasteiger partial charge in [-0.3, -0.25) is 0 Å². The molecule has 1 aromatic heterocycles. The first-order valence-electron chi connectivity index (χ1n) is 8.96. The van der Waals surface area contributed by atoms with Crippen LogP contribution in [0.3, 0.4) is 0 Å². The van der Waals surface area contributed by atoms with Crippen molar-refractivity contribution in [2.45, 2.75) is 37.8 Å². The maximum absolute atomic E-state index is 12.6. The molecule has 2 aliphatic rings. The molecule has 0 unspecified atom stereocenters. The maximum atomic E-state index is 12.6. The number of nitrogens with zero attached hydrogens (tertiary/aromatic N) is 3. The number of carbonyl (C=O) groups excluding carboxylic acids is 1. The molecular formula is C18H21ClN4O3. The lowest BCUT2D eigenvalue weighted by atomic mass is 10.2. The SMILES string of the molecule is O=C(NC[C@@H]1CCCO1)N1CCC[C@H]1c1nc(-c2cccc(Cl)c2)no1. The number of halogens is 1. The van der Waals surface area contributed by atoms with Crippen LogP contribution in [0.4, 0.5) is 4.79 Å². The second-order valence-electron chi connectivity index (χ2n) is 6.64. The molecule has 3 heterocycles. The molecule has 2 fully saturated rings. The van der Waals surface area contributed by atoms with Gasteiger partial charge in [-0.2, -0.15) is 4.98 Å². The van der Waals surface area contributed by atoms with Crippen molar-refractivity contribution in [3.05, 3.63) is 35.2 Å². The summed E-state index contributed by atoms with van der Waals surface area (Å²) in [6.45, 7) is 2.00. The van der Waals surface area contributed by atoms with Gasteiger partial charge >= 0.3 is 6.03 Å². The zero-order chi connectivity index (χ0) is 17.9. The second kappa shape index (κ2) is 7.63. The normalized spacial score (nSPS) is 22.7. The van der Waals surface area contributed by atoms with Gasteiger partial charge in [0.15, 0.2) is 0 Å². The van der Waals surface area contributed by atoms with Crippen molar-refractivity contribution in [1.29, 1.82) is 0 Å². The number of benzene rings is 1. The van der Waals surface area contributed by atoms with Gasteiger partial charge in [-0.1, -0.05) is 28.9 Å². The molecule has 2 amide bonds. The Bertz CT molecular complexity index is 775. The molecule has 2 aliphatic heterocycles. The molecule has 4 rings (SSSR count). The quantitative estimate of drug-likeness (QED) is 0.884. The summed E-state index contributed by atoms with van der Waals surface area (Å²) in [5.74, 6) is 0.943. The molecule has 138 valence electrons. The third kappa shape index (κ3) is 3.68. The zero-order valence-corrected chi connectivity index (χ0v) is 15.1. The molecule has 0 radical (unpaired) electrons. The summed E-state index contributed by atoms with van der Waals surface area (Å²) in [6, 6.07) is 7.00. The van der Waals surface area contributed by atoms with Gasteiger partial charge in [-0.15, -0.1) is 0 Å². The highest BCUT2D eigenvalue weighted by molar-refractivity contribution is 6.30. The van der Waals surface area contributed by atoms with Crippen molar-refractivity contribution in [2.24, 2.45) is 0 Å². The Balaban J connectivity index is 1.43. The van der Waals surface area contributed by atoms with Crippen LogP contribution in [-0.2, 0) is 4.74 Å². The van der Waals surface area contributed by atoms with Crippen molar-refractivity contribution in [3.8, 4) is 11.4 Å². The monoisotopic (exact) mass is 376 g/mol. The van der Waals surface area contributed by atoms with Gasteiger partial charge in [0.05, 0.1) is 6.10 Å². The van der Waals surface area contributed by atoms with Gasteiger partial charge in [-0.25, -0.2) is 4.79 Å². The number of urea groups is 1. The first-order chi connectivity index (χ1) is 12.7. The number of hydrogen-bond donors (Lipinski definition) is 1. The van der Waals surface area contributed by atoms with E-state index in [4.69, 9.17) is 20.9 Å². The van der Waals surface area contributed by atoms with E-state index < -0.39 is 0 Å². The van der Waals surface area contributed by atoms with Gasteiger partial charge in [0.2, 0.25) is 11.7 Å². The Morgan fingerprint density at radius 2 is 2.27 bits per heavy atom. The van der Waals surface area contributed by atoms with Crippen molar-refractivity contribution >= 4 is 17.6 Å². The van der Waals surface area contributed by atoms with Gasteiger partial charge in [0.1, 0.15) is 6.04 Å². The third-order valence-electron chi connectivity index (χ3n) is 4.83. The molecule has 7 nitrogen and oxygen atoms in total. The largest absolute Gasteiger partial charge is 0.376 e. The van der Waals surface area contributed by atoms with E-state index in [9.17, 15) is 4.79 Å². The van der Waals surface area contributed by atoms with Crippen LogP contribution in [0, 0.1) is 0 Å². The minimum atomic E-state index is -0.195. The Morgan fingerprint density at radius 1 is 1.35 bits per heavy atom. The number of nitrogens with one attached hydrogen (secondary N) is 1. The van der Waals surface area contributed by atoms with Crippen LogP contribution in [0.2, 0.25) is 5.02 Å². The number of hydrogen-bond acceptors (Lipinski definition) is 5. The average molecular weight is 377 g/mol.